The number of likely N-dealkylation sites (tertiary alicyclic amines) is 1. The molecule has 2 heterocycles. The third kappa shape index (κ3) is 5.72. The van der Waals surface area contributed by atoms with E-state index in [-0.39, 0.29) is 23.5 Å². The normalized spacial score (nSPS) is 27.8. The monoisotopic (exact) mass is 405 g/mol. The van der Waals surface area contributed by atoms with Crippen LogP contribution in [0.15, 0.2) is 30.3 Å². The second kappa shape index (κ2) is 9.16. The Morgan fingerprint density at radius 2 is 2.07 bits per heavy atom. The summed E-state index contributed by atoms with van der Waals surface area (Å²) in [6.45, 7) is 7.35. The predicted octanol–water partition coefficient (Wildman–Crippen LogP) is 2.03. The van der Waals surface area contributed by atoms with Gasteiger partial charge in [-0.1, -0.05) is 30.3 Å². The Kier molecular flexibility index (Phi) is 7.07. The first kappa shape index (κ1) is 21.6. The van der Waals surface area contributed by atoms with Gasteiger partial charge in [-0.15, -0.1) is 0 Å². The van der Waals surface area contributed by atoms with Crippen LogP contribution in [0.25, 0.3) is 0 Å². The van der Waals surface area contributed by atoms with E-state index >= 15 is 0 Å². The molecule has 2 unspecified atom stereocenters. The van der Waals surface area contributed by atoms with Crippen molar-refractivity contribution in [3.8, 4) is 0 Å². The zero-order valence-corrected chi connectivity index (χ0v) is 18.1. The summed E-state index contributed by atoms with van der Waals surface area (Å²) in [5.41, 5.74) is 7.18. The maximum atomic E-state index is 13.0. The van der Waals surface area contributed by atoms with E-state index in [1.54, 1.807) is 0 Å². The van der Waals surface area contributed by atoms with E-state index in [0.717, 1.165) is 18.5 Å². The smallest absolute Gasteiger partial charge is 0.237 e. The number of nitrogens with two attached hydrogens (primary N) is 1. The van der Waals surface area contributed by atoms with Crippen molar-refractivity contribution in [1.29, 1.82) is 0 Å². The van der Waals surface area contributed by atoms with Crippen molar-refractivity contribution in [3.63, 3.8) is 0 Å². The van der Waals surface area contributed by atoms with E-state index in [1.165, 1.54) is 12.2 Å². The first-order valence-electron chi connectivity index (χ1n) is 10.4. The van der Waals surface area contributed by atoms with Crippen molar-refractivity contribution in [2.24, 2.45) is 11.7 Å². The van der Waals surface area contributed by atoms with Crippen molar-refractivity contribution >= 4 is 17.7 Å². The topological polar surface area (TPSA) is 78.6 Å². The fourth-order valence-corrected chi connectivity index (χ4v) is 5.84. The van der Waals surface area contributed by atoms with E-state index in [4.69, 9.17) is 5.73 Å². The number of aliphatic hydroxyl groups excluding tert-OH is 1. The molecule has 1 amide bonds. The summed E-state index contributed by atoms with van der Waals surface area (Å²) in [5.74, 6) is 1.86. The average Bonchev–Trinajstić information content (AvgIpc) is 3.07. The van der Waals surface area contributed by atoms with Crippen molar-refractivity contribution in [1.82, 2.24) is 10.2 Å². The van der Waals surface area contributed by atoms with Crippen LogP contribution in [0.1, 0.15) is 39.2 Å². The molecule has 3 rings (SSSR count). The van der Waals surface area contributed by atoms with Gasteiger partial charge < -0.3 is 16.2 Å². The second-order valence-electron chi connectivity index (χ2n) is 9.32. The Labute approximate surface area is 173 Å². The van der Waals surface area contributed by atoms with Crippen molar-refractivity contribution in [2.45, 2.75) is 69.0 Å². The standard InChI is InChI=1S/C22H35N3O2S/c1-22(2,3)24-21(27)18-12-20-16(9-10-28-20)13-25(18)14-19(26)17(23)11-15-7-5-4-6-8-15/h4-8,16-20,26H,9-14,23H2,1-3H3,(H,24,27)/t16-,17?,18+,19?,20+/m1/s1. The number of benzene rings is 1. The maximum absolute atomic E-state index is 13.0. The first-order chi connectivity index (χ1) is 13.2. The molecule has 0 saturated carbocycles. The highest BCUT2D eigenvalue weighted by atomic mass is 32.2. The maximum Gasteiger partial charge on any atom is 0.237 e. The molecular formula is C22H35N3O2S. The van der Waals surface area contributed by atoms with Crippen LogP contribution in [0.5, 0.6) is 0 Å². The van der Waals surface area contributed by atoms with E-state index in [1.807, 2.05) is 62.9 Å². The molecule has 0 radical (unpaired) electrons. The molecule has 0 aliphatic carbocycles. The summed E-state index contributed by atoms with van der Waals surface area (Å²) in [6.07, 6.45) is 2.04. The molecule has 1 aromatic rings. The van der Waals surface area contributed by atoms with Gasteiger partial charge in [0.05, 0.1) is 12.1 Å². The van der Waals surface area contributed by atoms with E-state index in [0.29, 0.717) is 24.1 Å². The zero-order valence-electron chi connectivity index (χ0n) is 17.3. The molecule has 28 heavy (non-hydrogen) atoms. The van der Waals surface area contributed by atoms with Crippen LogP contribution >= 0.6 is 11.8 Å². The van der Waals surface area contributed by atoms with Crippen LogP contribution in [0.3, 0.4) is 0 Å². The molecule has 6 heteroatoms. The lowest BCUT2D eigenvalue weighted by atomic mass is 9.89. The lowest BCUT2D eigenvalue weighted by molar-refractivity contribution is -0.130. The van der Waals surface area contributed by atoms with Crippen molar-refractivity contribution in [2.75, 3.05) is 18.8 Å². The SMILES string of the molecule is CC(C)(C)NC(=O)[C@@H]1C[C@@H]2SCC[C@@H]2CN1CC(O)C(N)Cc1ccccc1. The highest BCUT2D eigenvalue weighted by molar-refractivity contribution is 8.00. The fourth-order valence-electron chi connectivity index (χ4n) is 4.29. The van der Waals surface area contributed by atoms with Crippen LogP contribution in [-0.2, 0) is 11.2 Å². The largest absolute Gasteiger partial charge is 0.390 e. The van der Waals surface area contributed by atoms with Crippen LogP contribution in [0.2, 0.25) is 0 Å². The Bertz CT molecular complexity index is 649. The van der Waals surface area contributed by atoms with Crippen LogP contribution in [0.4, 0.5) is 0 Å². The molecule has 1 aromatic carbocycles. The number of rotatable bonds is 6. The summed E-state index contributed by atoms with van der Waals surface area (Å²) in [5, 5.41) is 14.5. The number of nitrogens with zero attached hydrogens (tertiary/aromatic N) is 1. The zero-order chi connectivity index (χ0) is 20.3. The molecule has 5 nitrogen and oxygen atoms in total. The number of β-amino-alcohol motifs (C(OH)–C–C–N with tert-alkyl or cyclic N) is 1. The highest BCUT2D eigenvalue weighted by Crippen LogP contribution is 2.40. The average molecular weight is 406 g/mol. The number of thioether (sulfide) groups is 1. The fraction of sp³-hybridized carbons (Fsp3) is 0.682. The predicted molar refractivity (Wildman–Crippen MR) is 116 cm³/mol. The quantitative estimate of drug-likeness (QED) is 0.675. The number of hydrogen-bond acceptors (Lipinski definition) is 5. The number of piperidine rings is 1. The van der Waals surface area contributed by atoms with Crippen molar-refractivity contribution in [3.05, 3.63) is 35.9 Å². The minimum absolute atomic E-state index is 0.0716. The van der Waals surface area contributed by atoms with Crippen LogP contribution < -0.4 is 11.1 Å². The summed E-state index contributed by atoms with van der Waals surface area (Å²) in [6, 6.07) is 9.50. The van der Waals surface area contributed by atoms with Gasteiger partial charge in [-0.3, -0.25) is 9.69 Å². The number of carbonyl (C=O) groups excluding carboxylic acids is 1. The van der Waals surface area contributed by atoms with Gasteiger partial charge in [-0.2, -0.15) is 11.8 Å². The third-order valence-electron chi connectivity index (χ3n) is 5.74. The molecule has 2 aliphatic heterocycles. The van der Waals surface area contributed by atoms with E-state index in [2.05, 4.69) is 10.2 Å². The molecule has 2 aliphatic rings. The first-order valence-corrected chi connectivity index (χ1v) is 11.4. The number of nitrogens with one attached hydrogen (secondary N) is 1. The van der Waals surface area contributed by atoms with Gasteiger partial charge in [0, 0.05) is 29.9 Å². The molecule has 4 N–H and O–H groups in total. The number of fused-ring (bicyclic) bond motifs is 1. The third-order valence-corrected chi connectivity index (χ3v) is 7.22. The molecule has 156 valence electrons. The van der Waals surface area contributed by atoms with Crippen LogP contribution in [-0.4, -0.2) is 63.7 Å². The van der Waals surface area contributed by atoms with Gasteiger partial charge in [0.15, 0.2) is 0 Å². The van der Waals surface area contributed by atoms with Crippen molar-refractivity contribution < 1.29 is 9.90 Å². The molecule has 0 aromatic heterocycles. The Balaban J connectivity index is 1.66. The minimum Gasteiger partial charge on any atom is -0.390 e. The Hall–Kier alpha value is -1.08. The highest BCUT2D eigenvalue weighted by Gasteiger charge is 2.42. The van der Waals surface area contributed by atoms with Gasteiger partial charge in [0.25, 0.3) is 0 Å². The summed E-state index contributed by atoms with van der Waals surface area (Å²) >= 11 is 2.00. The summed E-state index contributed by atoms with van der Waals surface area (Å²) in [4.78, 5) is 15.2. The number of amides is 1. The summed E-state index contributed by atoms with van der Waals surface area (Å²) in [7, 11) is 0. The number of aliphatic hydroxyl groups is 1. The number of carbonyl (C=O) groups is 1. The molecule has 0 bridgehead atoms. The van der Waals surface area contributed by atoms with Gasteiger partial charge in [0.2, 0.25) is 5.91 Å². The van der Waals surface area contributed by atoms with Gasteiger partial charge in [-0.05, 0) is 57.3 Å². The van der Waals surface area contributed by atoms with Gasteiger partial charge >= 0.3 is 0 Å². The van der Waals surface area contributed by atoms with Crippen LogP contribution in [0, 0.1) is 5.92 Å². The molecule has 2 fully saturated rings. The van der Waals surface area contributed by atoms with Gasteiger partial charge in [0.1, 0.15) is 0 Å². The van der Waals surface area contributed by atoms with Gasteiger partial charge in [-0.25, -0.2) is 0 Å². The Morgan fingerprint density at radius 3 is 2.75 bits per heavy atom. The Morgan fingerprint density at radius 1 is 1.36 bits per heavy atom. The lowest BCUT2D eigenvalue weighted by Crippen LogP contribution is -2.59. The minimum atomic E-state index is -0.657. The lowest BCUT2D eigenvalue weighted by Gasteiger charge is -2.42. The molecular weight excluding hydrogens is 370 g/mol. The molecule has 5 atom stereocenters. The number of hydrogen-bond donors (Lipinski definition) is 3. The van der Waals surface area contributed by atoms with E-state index < -0.39 is 6.10 Å². The molecule has 0 spiro atoms. The molecule has 2 saturated heterocycles. The summed E-state index contributed by atoms with van der Waals surface area (Å²) < 4.78 is 0. The second-order valence-corrected chi connectivity index (χ2v) is 10.7. The van der Waals surface area contributed by atoms with E-state index in [9.17, 15) is 9.90 Å².